The molecule has 1 N–H and O–H groups in total. The van der Waals surface area contributed by atoms with Crippen LogP contribution in [0.4, 0.5) is 0 Å². The average molecular weight is 497 g/mol. The van der Waals surface area contributed by atoms with Crippen LogP contribution in [0.5, 0.6) is 5.75 Å². The van der Waals surface area contributed by atoms with Crippen molar-refractivity contribution in [2.24, 2.45) is 0 Å². The van der Waals surface area contributed by atoms with Crippen molar-refractivity contribution in [3.63, 3.8) is 0 Å². The summed E-state index contributed by atoms with van der Waals surface area (Å²) < 4.78 is 59.3. The minimum Gasteiger partial charge on any atom is -0.379 e. The molecule has 0 heterocycles. The van der Waals surface area contributed by atoms with Crippen molar-refractivity contribution >= 4 is 20.2 Å². The maximum atomic E-state index is 11.9. The van der Waals surface area contributed by atoms with Gasteiger partial charge in [0.15, 0.2) is 0 Å². The lowest BCUT2D eigenvalue weighted by atomic mass is 10.1. The summed E-state index contributed by atoms with van der Waals surface area (Å²) in [5.74, 6) is 0.313. The molecule has 0 saturated heterocycles. The Balaban J connectivity index is 0.000000191. The second kappa shape index (κ2) is 11.1. The van der Waals surface area contributed by atoms with Crippen LogP contribution in [0.15, 0.2) is 119 Å². The highest BCUT2D eigenvalue weighted by atomic mass is 32.2. The molecule has 0 atom stereocenters. The maximum Gasteiger partial charge on any atom is 0.339 e. The van der Waals surface area contributed by atoms with E-state index in [1.54, 1.807) is 54.6 Å². The highest BCUT2D eigenvalue weighted by molar-refractivity contribution is 7.87. The Bertz CT molecular complexity index is 1400. The quantitative estimate of drug-likeness (QED) is 0.288. The summed E-state index contributed by atoms with van der Waals surface area (Å²) in [5, 5.41) is 0. The summed E-state index contributed by atoms with van der Waals surface area (Å²) in [5.41, 5.74) is 3.17. The summed E-state index contributed by atoms with van der Waals surface area (Å²) in [6, 6.07) is 31.1. The Kier molecular flexibility index (Phi) is 8.22. The Morgan fingerprint density at radius 2 is 1.09 bits per heavy atom. The third-order valence-electron chi connectivity index (χ3n) is 4.73. The minimum atomic E-state index is -4.09. The predicted octanol–water partition coefficient (Wildman–Crippen LogP) is 5.29. The number of benzene rings is 4. The Morgan fingerprint density at radius 1 is 0.618 bits per heavy atom. The van der Waals surface area contributed by atoms with Crippen LogP contribution in [0.2, 0.25) is 0 Å². The van der Waals surface area contributed by atoms with Crippen molar-refractivity contribution in [1.82, 2.24) is 0 Å². The topological polar surface area (TPSA) is 97.7 Å². The molecule has 0 aliphatic carbocycles. The molecule has 0 saturated carbocycles. The number of rotatable bonds is 6. The van der Waals surface area contributed by atoms with E-state index >= 15 is 0 Å². The van der Waals surface area contributed by atoms with E-state index in [4.69, 9.17) is 8.74 Å². The Labute approximate surface area is 200 Å². The monoisotopic (exact) mass is 496 g/mol. The molecule has 176 valence electrons. The zero-order valence-corrected chi connectivity index (χ0v) is 20.0. The van der Waals surface area contributed by atoms with Gasteiger partial charge in [0.2, 0.25) is 0 Å². The smallest absolute Gasteiger partial charge is 0.339 e. The van der Waals surface area contributed by atoms with Crippen molar-refractivity contribution < 1.29 is 25.6 Å². The summed E-state index contributed by atoms with van der Waals surface area (Å²) in [4.78, 5) is 0.0845. The van der Waals surface area contributed by atoms with Crippen LogP contribution < -0.4 is 4.18 Å². The van der Waals surface area contributed by atoms with E-state index in [1.165, 1.54) is 24.3 Å². The normalized spacial score (nSPS) is 11.2. The summed E-state index contributed by atoms with van der Waals surface area (Å²) >= 11 is 0. The zero-order chi connectivity index (χ0) is 24.6. The van der Waals surface area contributed by atoms with Crippen LogP contribution in [0.3, 0.4) is 0 Å². The number of hydrogen-bond donors (Lipinski definition) is 1. The predicted molar refractivity (Wildman–Crippen MR) is 131 cm³/mol. The van der Waals surface area contributed by atoms with Gasteiger partial charge in [-0.2, -0.15) is 16.8 Å². The second-order valence-electron chi connectivity index (χ2n) is 7.44. The van der Waals surface area contributed by atoms with Crippen molar-refractivity contribution in [2.45, 2.75) is 23.1 Å². The maximum absolute atomic E-state index is 11.9. The van der Waals surface area contributed by atoms with Gasteiger partial charge in [0.05, 0.1) is 4.90 Å². The molecule has 6 nitrogen and oxygen atoms in total. The molecule has 0 spiro atoms. The van der Waals surface area contributed by atoms with Gasteiger partial charge in [-0.05, 0) is 60.9 Å². The van der Waals surface area contributed by atoms with E-state index in [1.807, 2.05) is 37.3 Å². The highest BCUT2D eigenvalue weighted by Gasteiger charge is 2.15. The first kappa shape index (κ1) is 25.2. The molecule has 4 aromatic rings. The van der Waals surface area contributed by atoms with Crippen LogP contribution in [0.1, 0.15) is 16.7 Å². The fraction of sp³-hybridized carbons (Fsp3) is 0.0769. The van der Waals surface area contributed by atoms with Crippen molar-refractivity contribution in [3.05, 3.63) is 126 Å². The first-order valence-electron chi connectivity index (χ1n) is 10.3. The molecule has 0 aliphatic rings. The molecule has 34 heavy (non-hydrogen) atoms. The van der Waals surface area contributed by atoms with E-state index in [2.05, 4.69) is 0 Å². The van der Waals surface area contributed by atoms with Gasteiger partial charge in [-0.15, -0.1) is 0 Å². The molecule has 4 aromatic carbocycles. The van der Waals surface area contributed by atoms with Gasteiger partial charge in [0.1, 0.15) is 10.6 Å². The lowest BCUT2D eigenvalue weighted by molar-refractivity contribution is 0.482. The van der Waals surface area contributed by atoms with Crippen LogP contribution >= 0.6 is 0 Å². The number of para-hydroxylation sites is 1. The van der Waals surface area contributed by atoms with Crippen molar-refractivity contribution in [2.75, 3.05) is 0 Å². The minimum absolute atomic E-state index is 0.0747. The number of aryl methyl sites for hydroxylation is 1. The van der Waals surface area contributed by atoms with Gasteiger partial charge in [0.25, 0.3) is 10.1 Å². The van der Waals surface area contributed by atoms with Gasteiger partial charge < -0.3 is 4.18 Å². The fourth-order valence-corrected chi connectivity index (χ4v) is 4.38. The molecular weight excluding hydrogens is 472 g/mol. The van der Waals surface area contributed by atoms with Crippen molar-refractivity contribution in [3.8, 4) is 5.75 Å². The first-order valence-corrected chi connectivity index (χ1v) is 13.1. The SMILES string of the molecule is Cc1ccc(S(=O)(=O)Oc2ccccc2)cc1.O=S(=O)(O)c1ccc(Cc2ccccc2)cc1. The van der Waals surface area contributed by atoms with Crippen LogP contribution in [0, 0.1) is 6.92 Å². The highest BCUT2D eigenvalue weighted by Crippen LogP contribution is 2.18. The van der Waals surface area contributed by atoms with E-state index in [9.17, 15) is 16.8 Å². The third-order valence-corrected chi connectivity index (χ3v) is 6.86. The van der Waals surface area contributed by atoms with Gasteiger partial charge in [-0.1, -0.05) is 78.4 Å². The Morgan fingerprint density at radius 3 is 1.62 bits per heavy atom. The molecule has 0 aliphatic heterocycles. The van der Waals surface area contributed by atoms with Crippen LogP contribution in [-0.2, 0) is 26.7 Å². The summed E-state index contributed by atoms with van der Waals surface area (Å²) in [7, 11) is -7.82. The molecule has 8 heteroatoms. The largest absolute Gasteiger partial charge is 0.379 e. The average Bonchev–Trinajstić information content (AvgIpc) is 2.81. The molecule has 0 radical (unpaired) electrons. The van der Waals surface area contributed by atoms with E-state index < -0.39 is 20.2 Å². The molecule has 0 aromatic heterocycles. The molecule has 4 rings (SSSR count). The van der Waals surface area contributed by atoms with Crippen LogP contribution in [-0.4, -0.2) is 21.4 Å². The zero-order valence-electron chi connectivity index (χ0n) is 18.4. The first-order chi connectivity index (χ1) is 16.1. The second-order valence-corrected chi connectivity index (χ2v) is 10.4. The fourth-order valence-electron chi connectivity index (χ4n) is 2.97. The lowest BCUT2D eigenvalue weighted by Crippen LogP contribution is -2.09. The van der Waals surface area contributed by atoms with Gasteiger partial charge >= 0.3 is 10.1 Å². The molecule has 0 bridgehead atoms. The van der Waals surface area contributed by atoms with Gasteiger partial charge in [0, 0.05) is 0 Å². The van der Waals surface area contributed by atoms with Crippen LogP contribution in [0.25, 0.3) is 0 Å². The molecule has 0 fully saturated rings. The Hall–Kier alpha value is -3.46. The standard InChI is InChI=1S/2C13H12O3S/c1-11-7-9-13(10-8-11)17(14,15)16-12-5-3-2-4-6-12;14-17(15,16)13-8-6-12(7-9-13)10-11-4-2-1-3-5-11/h2-10H,1H3;1-9H,10H2,(H,14,15,16). The number of hydrogen-bond acceptors (Lipinski definition) is 5. The van der Waals surface area contributed by atoms with E-state index in [0.29, 0.717) is 5.75 Å². The lowest BCUT2D eigenvalue weighted by Gasteiger charge is -2.06. The molecule has 0 unspecified atom stereocenters. The van der Waals surface area contributed by atoms with Gasteiger partial charge in [-0.3, -0.25) is 4.55 Å². The summed E-state index contributed by atoms with van der Waals surface area (Å²) in [6.07, 6.45) is 0.743. The van der Waals surface area contributed by atoms with E-state index in [-0.39, 0.29) is 9.79 Å². The summed E-state index contributed by atoms with van der Waals surface area (Å²) in [6.45, 7) is 1.90. The molecule has 0 amide bonds. The van der Waals surface area contributed by atoms with Gasteiger partial charge in [-0.25, -0.2) is 0 Å². The molecular formula is C26H24O6S2. The third kappa shape index (κ3) is 7.55. The van der Waals surface area contributed by atoms with Crippen molar-refractivity contribution in [1.29, 1.82) is 0 Å². The van der Waals surface area contributed by atoms with E-state index in [0.717, 1.165) is 23.1 Å².